The van der Waals surface area contributed by atoms with Gasteiger partial charge in [-0.3, -0.25) is 0 Å². The number of para-hydroxylation sites is 1. The molecule has 0 unspecified atom stereocenters. The Labute approximate surface area is 135 Å². The van der Waals surface area contributed by atoms with Crippen LogP contribution in [0.1, 0.15) is 17.3 Å². The summed E-state index contributed by atoms with van der Waals surface area (Å²) in [5, 5.41) is 0.244. The van der Waals surface area contributed by atoms with Gasteiger partial charge in [-0.15, -0.1) is 0 Å². The summed E-state index contributed by atoms with van der Waals surface area (Å²) >= 11 is 9.53. The summed E-state index contributed by atoms with van der Waals surface area (Å²) in [6.45, 7) is 1.97. The van der Waals surface area contributed by atoms with Crippen LogP contribution in [-0.4, -0.2) is 12.6 Å². The highest BCUT2D eigenvalue weighted by Gasteiger charge is 2.19. The number of hydrogen-bond donors (Lipinski definition) is 1. The maximum atomic E-state index is 12.0. The molecule has 0 fully saturated rings. The van der Waals surface area contributed by atoms with E-state index in [2.05, 4.69) is 15.9 Å². The number of esters is 1. The summed E-state index contributed by atoms with van der Waals surface area (Å²) in [7, 11) is 0. The fourth-order valence-corrected chi connectivity index (χ4v) is 2.35. The second-order valence-corrected chi connectivity index (χ2v) is 5.39. The average Bonchev–Trinajstić information content (AvgIpc) is 2.43. The fourth-order valence-electron chi connectivity index (χ4n) is 1.72. The second kappa shape index (κ2) is 6.83. The van der Waals surface area contributed by atoms with E-state index in [9.17, 15) is 4.79 Å². The van der Waals surface area contributed by atoms with Crippen molar-refractivity contribution in [3.8, 4) is 11.5 Å². The maximum absolute atomic E-state index is 12.0. The van der Waals surface area contributed by atoms with Gasteiger partial charge in [-0.1, -0.05) is 23.7 Å². The Bertz CT molecular complexity index is 676. The van der Waals surface area contributed by atoms with Crippen molar-refractivity contribution in [3.63, 3.8) is 0 Å². The molecule has 2 aromatic carbocycles. The lowest BCUT2D eigenvalue weighted by molar-refractivity contribution is 0.0523. The van der Waals surface area contributed by atoms with Crippen molar-refractivity contribution in [1.82, 2.24) is 0 Å². The normalized spacial score (nSPS) is 10.2. The number of rotatable bonds is 4. The van der Waals surface area contributed by atoms with Gasteiger partial charge >= 0.3 is 5.97 Å². The minimum atomic E-state index is -0.534. The van der Waals surface area contributed by atoms with Crippen LogP contribution < -0.4 is 10.5 Å². The number of carbonyl (C=O) groups excluding carboxylic acids is 1. The largest absolute Gasteiger partial charge is 0.462 e. The molecular formula is C15H13BrClNO3. The molecule has 2 aromatic rings. The number of hydrogen-bond acceptors (Lipinski definition) is 4. The van der Waals surface area contributed by atoms with Crippen molar-refractivity contribution in [2.75, 3.05) is 12.3 Å². The van der Waals surface area contributed by atoms with Crippen LogP contribution in [0.5, 0.6) is 11.5 Å². The number of halogens is 2. The zero-order valence-corrected chi connectivity index (χ0v) is 13.6. The molecule has 2 N–H and O–H groups in total. The molecule has 0 aromatic heterocycles. The van der Waals surface area contributed by atoms with Crippen LogP contribution >= 0.6 is 27.5 Å². The van der Waals surface area contributed by atoms with Gasteiger partial charge in [-0.05, 0) is 47.1 Å². The van der Waals surface area contributed by atoms with E-state index in [0.29, 0.717) is 11.4 Å². The third kappa shape index (κ3) is 3.68. The Morgan fingerprint density at radius 3 is 2.71 bits per heavy atom. The average molecular weight is 371 g/mol. The van der Waals surface area contributed by atoms with Gasteiger partial charge in [0.1, 0.15) is 11.3 Å². The van der Waals surface area contributed by atoms with E-state index >= 15 is 0 Å². The van der Waals surface area contributed by atoms with E-state index in [1.54, 1.807) is 13.0 Å². The van der Waals surface area contributed by atoms with Crippen LogP contribution in [0.25, 0.3) is 0 Å². The summed E-state index contributed by atoms with van der Waals surface area (Å²) < 4.78 is 11.5. The smallest absolute Gasteiger partial charge is 0.342 e. The summed E-state index contributed by atoms with van der Waals surface area (Å²) in [4.78, 5) is 12.0. The molecular weight excluding hydrogens is 358 g/mol. The van der Waals surface area contributed by atoms with Crippen molar-refractivity contribution >= 4 is 39.2 Å². The van der Waals surface area contributed by atoms with Crippen molar-refractivity contribution in [2.45, 2.75) is 6.92 Å². The highest BCUT2D eigenvalue weighted by Crippen LogP contribution is 2.37. The lowest BCUT2D eigenvalue weighted by Crippen LogP contribution is -2.08. The third-order valence-electron chi connectivity index (χ3n) is 2.61. The molecule has 6 heteroatoms. The molecule has 0 amide bonds. The van der Waals surface area contributed by atoms with Gasteiger partial charge in [-0.2, -0.15) is 0 Å². The quantitative estimate of drug-likeness (QED) is 0.628. The van der Waals surface area contributed by atoms with Crippen molar-refractivity contribution < 1.29 is 14.3 Å². The molecule has 0 saturated carbocycles. The first kappa shape index (κ1) is 15.7. The predicted molar refractivity (Wildman–Crippen MR) is 86.0 cm³/mol. The minimum absolute atomic E-state index is 0.192. The van der Waals surface area contributed by atoms with Crippen LogP contribution in [0.4, 0.5) is 5.69 Å². The number of nitrogen functional groups attached to an aromatic ring is 1. The molecule has 0 spiro atoms. The van der Waals surface area contributed by atoms with E-state index < -0.39 is 5.97 Å². The van der Waals surface area contributed by atoms with Gasteiger partial charge in [0.05, 0.1) is 16.1 Å². The maximum Gasteiger partial charge on any atom is 0.342 e. The minimum Gasteiger partial charge on any atom is -0.462 e. The standard InChI is InChI=1S/C15H13BrClNO3/c1-2-20-15(19)10-7-9(18)8-12(17)14(10)21-13-6-4-3-5-11(13)16/h3-8H,2,18H2,1H3. The molecule has 0 aliphatic heterocycles. The Balaban J connectivity index is 2.47. The van der Waals surface area contributed by atoms with Crippen molar-refractivity contribution in [2.24, 2.45) is 0 Å². The SMILES string of the molecule is CCOC(=O)c1cc(N)cc(Cl)c1Oc1ccccc1Br. The molecule has 0 atom stereocenters. The number of nitrogens with two attached hydrogens (primary N) is 1. The molecule has 2 rings (SSSR count). The summed E-state index contributed by atoms with van der Waals surface area (Å²) in [6, 6.07) is 10.3. The first-order chi connectivity index (χ1) is 10.0. The molecule has 0 bridgehead atoms. The molecule has 0 aliphatic rings. The van der Waals surface area contributed by atoms with E-state index in [0.717, 1.165) is 4.47 Å². The Morgan fingerprint density at radius 2 is 2.05 bits per heavy atom. The zero-order chi connectivity index (χ0) is 15.4. The van der Waals surface area contributed by atoms with Gasteiger partial charge in [0.25, 0.3) is 0 Å². The van der Waals surface area contributed by atoms with E-state index in [1.165, 1.54) is 12.1 Å². The molecule has 21 heavy (non-hydrogen) atoms. The van der Waals surface area contributed by atoms with E-state index in [4.69, 9.17) is 26.8 Å². The summed E-state index contributed by atoms with van der Waals surface area (Å²) in [6.07, 6.45) is 0. The number of ether oxygens (including phenoxy) is 2. The molecule has 110 valence electrons. The van der Waals surface area contributed by atoms with Crippen LogP contribution in [-0.2, 0) is 4.74 Å². The molecule has 0 aliphatic carbocycles. The highest BCUT2D eigenvalue weighted by molar-refractivity contribution is 9.10. The van der Waals surface area contributed by atoms with Crippen LogP contribution in [0.15, 0.2) is 40.9 Å². The number of benzene rings is 2. The van der Waals surface area contributed by atoms with Gasteiger partial charge in [0.15, 0.2) is 5.75 Å². The van der Waals surface area contributed by atoms with E-state index in [-0.39, 0.29) is 22.9 Å². The Kier molecular flexibility index (Phi) is 5.09. The van der Waals surface area contributed by atoms with Gasteiger partial charge < -0.3 is 15.2 Å². The van der Waals surface area contributed by atoms with Crippen molar-refractivity contribution in [1.29, 1.82) is 0 Å². The van der Waals surface area contributed by atoms with E-state index in [1.807, 2.05) is 18.2 Å². The van der Waals surface area contributed by atoms with Crippen LogP contribution in [0, 0.1) is 0 Å². The summed E-state index contributed by atoms with van der Waals surface area (Å²) in [5.41, 5.74) is 6.28. The van der Waals surface area contributed by atoms with Gasteiger partial charge in [0.2, 0.25) is 0 Å². The number of anilines is 1. The lowest BCUT2D eigenvalue weighted by atomic mass is 10.1. The topological polar surface area (TPSA) is 61.5 Å². The number of carbonyl (C=O) groups is 1. The lowest BCUT2D eigenvalue weighted by Gasteiger charge is -2.14. The molecule has 0 radical (unpaired) electrons. The van der Waals surface area contributed by atoms with Gasteiger partial charge in [-0.25, -0.2) is 4.79 Å². The summed E-state index contributed by atoms with van der Waals surface area (Å²) in [5.74, 6) is 0.222. The first-order valence-corrected chi connectivity index (χ1v) is 7.38. The highest BCUT2D eigenvalue weighted by atomic mass is 79.9. The molecule has 0 saturated heterocycles. The molecule has 0 heterocycles. The fraction of sp³-hybridized carbons (Fsp3) is 0.133. The van der Waals surface area contributed by atoms with Crippen molar-refractivity contribution in [3.05, 3.63) is 51.5 Å². The second-order valence-electron chi connectivity index (χ2n) is 4.13. The Morgan fingerprint density at radius 1 is 1.33 bits per heavy atom. The van der Waals surface area contributed by atoms with Crippen LogP contribution in [0.2, 0.25) is 5.02 Å². The Hall–Kier alpha value is -1.72. The predicted octanol–water partition coefficient (Wildman–Crippen LogP) is 4.65. The zero-order valence-electron chi connectivity index (χ0n) is 11.2. The first-order valence-electron chi connectivity index (χ1n) is 6.21. The molecule has 4 nitrogen and oxygen atoms in total. The third-order valence-corrected chi connectivity index (χ3v) is 3.55. The monoisotopic (exact) mass is 369 g/mol. The van der Waals surface area contributed by atoms with Gasteiger partial charge in [0, 0.05) is 5.69 Å². The van der Waals surface area contributed by atoms with Crippen LogP contribution in [0.3, 0.4) is 0 Å².